The van der Waals surface area contributed by atoms with E-state index in [0.717, 1.165) is 10.1 Å². The van der Waals surface area contributed by atoms with Crippen molar-refractivity contribution in [3.8, 4) is 0 Å². The Morgan fingerprint density at radius 3 is 2.81 bits per heavy atom. The van der Waals surface area contributed by atoms with Crippen LogP contribution in [-0.2, 0) is 16.4 Å². The SMILES string of the molecule is CN(c1nnc(CN)s1)C1CCS(=O)(=O)C1. The standard InChI is InChI=1S/C8H14N4O2S2/c1-12(6-2-3-16(13,14)5-6)8-11-10-7(4-9)15-8/h6H,2-5,9H2,1H3. The number of aromatic nitrogens is 2. The normalized spacial score (nSPS) is 23.5. The summed E-state index contributed by atoms with van der Waals surface area (Å²) in [6.07, 6.45) is 0.663. The van der Waals surface area contributed by atoms with Crippen molar-refractivity contribution in [2.75, 3.05) is 23.5 Å². The molecule has 1 aliphatic rings. The van der Waals surface area contributed by atoms with Gasteiger partial charge in [0.25, 0.3) is 0 Å². The van der Waals surface area contributed by atoms with Crippen LogP contribution in [0.4, 0.5) is 5.13 Å². The van der Waals surface area contributed by atoms with Gasteiger partial charge in [0.1, 0.15) is 5.01 Å². The maximum atomic E-state index is 11.4. The lowest BCUT2D eigenvalue weighted by molar-refractivity contribution is 0.600. The predicted molar refractivity (Wildman–Crippen MR) is 63.3 cm³/mol. The number of nitrogens with zero attached hydrogens (tertiary/aromatic N) is 3. The molecule has 1 aromatic rings. The van der Waals surface area contributed by atoms with Crippen LogP contribution in [0.15, 0.2) is 0 Å². The molecule has 1 unspecified atom stereocenters. The molecule has 1 aliphatic heterocycles. The van der Waals surface area contributed by atoms with E-state index in [9.17, 15) is 8.42 Å². The molecule has 1 fully saturated rings. The fourth-order valence-corrected chi connectivity index (χ4v) is 4.23. The molecule has 2 heterocycles. The van der Waals surface area contributed by atoms with Gasteiger partial charge in [-0.3, -0.25) is 0 Å². The average Bonchev–Trinajstić information content (AvgIpc) is 2.83. The average molecular weight is 262 g/mol. The lowest BCUT2D eigenvalue weighted by Crippen LogP contribution is -2.32. The van der Waals surface area contributed by atoms with Crippen LogP contribution in [0.1, 0.15) is 11.4 Å². The Bertz CT molecular complexity index is 470. The van der Waals surface area contributed by atoms with E-state index in [-0.39, 0.29) is 17.5 Å². The molecule has 16 heavy (non-hydrogen) atoms. The zero-order valence-corrected chi connectivity index (χ0v) is 10.6. The maximum absolute atomic E-state index is 11.4. The molecule has 1 atom stereocenters. The second-order valence-electron chi connectivity index (χ2n) is 3.85. The number of anilines is 1. The van der Waals surface area contributed by atoms with Gasteiger partial charge in [0.05, 0.1) is 11.5 Å². The molecule has 0 spiro atoms. The predicted octanol–water partition coefficient (Wildman–Crippen LogP) is -0.380. The number of sulfone groups is 1. The maximum Gasteiger partial charge on any atom is 0.208 e. The quantitative estimate of drug-likeness (QED) is 0.798. The first-order valence-corrected chi connectivity index (χ1v) is 7.61. The molecule has 8 heteroatoms. The highest BCUT2D eigenvalue weighted by Gasteiger charge is 2.31. The van der Waals surface area contributed by atoms with Crippen molar-refractivity contribution in [2.45, 2.75) is 19.0 Å². The van der Waals surface area contributed by atoms with Gasteiger partial charge in [-0.1, -0.05) is 11.3 Å². The van der Waals surface area contributed by atoms with Crippen LogP contribution in [0.2, 0.25) is 0 Å². The number of hydrogen-bond acceptors (Lipinski definition) is 7. The summed E-state index contributed by atoms with van der Waals surface area (Å²) in [6.45, 7) is 0.370. The Kier molecular flexibility index (Phi) is 3.13. The van der Waals surface area contributed by atoms with Gasteiger partial charge in [0, 0.05) is 19.6 Å². The summed E-state index contributed by atoms with van der Waals surface area (Å²) in [5.41, 5.74) is 5.45. The second-order valence-corrected chi connectivity index (χ2v) is 7.12. The summed E-state index contributed by atoms with van der Waals surface area (Å²) in [6, 6.07) is 0.0172. The Hall–Kier alpha value is -0.730. The molecule has 0 bridgehead atoms. The van der Waals surface area contributed by atoms with Crippen LogP contribution in [0.5, 0.6) is 0 Å². The third-order valence-corrected chi connectivity index (χ3v) is 5.48. The van der Waals surface area contributed by atoms with Crippen LogP contribution < -0.4 is 10.6 Å². The van der Waals surface area contributed by atoms with Crippen LogP contribution in [0.3, 0.4) is 0 Å². The van der Waals surface area contributed by atoms with E-state index in [1.807, 2.05) is 11.9 Å². The number of hydrogen-bond donors (Lipinski definition) is 1. The molecule has 0 aromatic carbocycles. The minimum absolute atomic E-state index is 0.0172. The van der Waals surface area contributed by atoms with E-state index in [0.29, 0.717) is 13.0 Å². The van der Waals surface area contributed by atoms with E-state index < -0.39 is 9.84 Å². The van der Waals surface area contributed by atoms with Crippen molar-refractivity contribution >= 4 is 26.3 Å². The van der Waals surface area contributed by atoms with E-state index in [1.54, 1.807) is 0 Å². The van der Waals surface area contributed by atoms with E-state index in [2.05, 4.69) is 10.2 Å². The molecular formula is C8H14N4O2S2. The summed E-state index contributed by atoms with van der Waals surface area (Å²) in [7, 11) is -1.00. The van der Waals surface area contributed by atoms with Crippen LogP contribution in [-0.4, -0.2) is 43.2 Å². The topological polar surface area (TPSA) is 89.2 Å². The van der Waals surface area contributed by atoms with Gasteiger partial charge in [-0.05, 0) is 6.42 Å². The Morgan fingerprint density at radius 2 is 2.31 bits per heavy atom. The molecule has 0 radical (unpaired) electrons. The van der Waals surface area contributed by atoms with Crippen molar-refractivity contribution in [1.29, 1.82) is 0 Å². The van der Waals surface area contributed by atoms with Crippen LogP contribution in [0, 0.1) is 0 Å². The molecule has 1 saturated heterocycles. The monoisotopic (exact) mass is 262 g/mol. The molecule has 0 aliphatic carbocycles. The van der Waals surface area contributed by atoms with Crippen molar-refractivity contribution in [3.05, 3.63) is 5.01 Å². The molecule has 0 amide bonds. The van der Waals surface area contributed by atoms with Gasteiger partial charge < -0.3 is 10.6 Å². The highest BCUT2D eigenvalue weighted by Crippen LogP contribution is 2.25. The van der Waals surface area contributed by atoms with Crippen molar-refractivity contribution in [1.82, 2.24) is 10.2 Å². The van der Waals surface area contributed by atoms with Gasteiger partial charge in [-0.2, -0.15) is 0 Å². The lowest BCUT2D eigenvalue weighted by Gasteiger charge is -2.21. The molecule has 1 aromatic heterocycles. The largest absolute Gasteiger partial charge is 0.346 e. The summed E-state index contributed by atoms with van der Waals surface area (Å²) < 4.78 is 22.7. The fourth-order valence-electron chi connectivity index (χ4n) is 1.71. The zero-order valence-electron chi connectivity index (χ0n) is 8.96. The second kappa shape index (κ2) is 4.27. The number of rotatable bonds is 3. The van der Waals surface area contributed by atoms with Crippen molar-refractivity contribution < 1.29 is 8.42 Å². The van der Waals surface area contributed by atoms with Gasteiger partial charge in [-0.15, -0.1) is 10.2 Å². The van der Waals surface area contributed by atoms with Gasteiger partial charge in [-0.25, -0.2) is 8.42 Å². The summed E-state index contributed by atoms with van der Waals surface area (Å²) >= 11 is 1.41. The summed E-state index contributed by atoms with van der Waals surface area (Å²) in [4.78, 5) is 1.89. The molecule has 0 saturated carbocycles. The third kappa shape index (κ3) is 2.33. The van der Waals surface area contributed by atoms with Gasteiger partial charge in [0.15, 0.2) is 9.84 Å². The molecule has 2 N–H and O–H groups in total. The zero-order chi connectivity index (χ0) is 11.8. The highest BCUT2D eigenvalue weighted by molar-refractivity contribution is 7.91. The Labute approximate surface area is 98.4 Å². The lowest BCUT2D eigenvalue weighted by atomic mass is 10.2. The van der Waals surface area contributed by atoms with E-state index in [4.69, 9.17) is 5.73 Å². The number of nitrogens with two attached hydrogens (primary N) is 1. The van der Waals surface area contributed by atoms with E-state index >= 15 is 0 Å². The van der Waals surface area contributed by atoms with Crippen LogP contribution in [0.25, 0.3) is 0 Å². The molecule has 6 nitrogen and oxygen atoms in total. The van der Waals surface area contributed by atoms with Crippen molar-refractivity contribution in [2.24, 2.45) is 5.73 Å². The Balaban J connectivity index is 2.11. The molecule has 2 rings (SSSR count). The summed E-state index contributed by atoms with van der Waals surface area (Å²) in [5, 5.41) is 9.42. The van der Waals surface area contributed by atoms with Gasteiger partial charge in [0.2, 0.25) is 5.13 Å². The fraction of sp³-hybridized carbons (Fsp3) is 0.750. The highest BCUT2D eigenvalue weighted by atomic mass is 32.2. The first-order valence-electron chi connectivity index (χ1n) is 4.97. The minimum Gasteiger partial charge on any atom is -0.346 e. The minimum atomic E-state index is -2.86. The van der Waals surface area contributed by atoms with Crippen molar-refractivity contribution in [3.63, 3.8) is 0 Å². The van der Waals surface area contributed by atoms with Crippen LogP contribution >= 0.6 is 11.3 Å². The smallest absolute Gasteiger partial charge is 0.208 e. The van der Waals surface area contributed by atoms with Gasteiger partial charge >= 0.3 is 0 Å². The molecule has 90 valence electrons. The third-order valence-electron chi connectivity index (χ3n) is 2.69. The molecular weight excluding hydrogens is 248 g/mol. The first kappa shape index (κ1) is 11.7. The first-order chi connectivity index (χ1) is 7.52. The van der Waals surface area contributed by atoms with E-state index in [1.165, 1.54) is 11.3 Å². The Morgan fingerprint density at radius 1 is 1.56 bits per heavy atom. The summed E-state index contributed by atoms with van der Waals surface area (Å²) in [5.74, 6) is 0.478.